The van der Waals surface area contributed by atoms with Gasteiger partial charge in [0.2, 0.25) is 0 Å². The lowest BCUT2D eigenvalue weighted by Crippen LogP contribution is -2.32. The van der Waals surface area contributed by atoms with Crippen LogP contribution in [0.25, 0.3) is 0 Å². The van der Waals surface area contributed by atoms with E-state index in [9.17, 15) is 0 Å². The van der Waals surface area contributed by atoms with Crippen molar-refractivity contribution in [3.63, 3.8) is 0 Å². The molecule has 0 unspecified atom stereocenters. The first-order chi connectivity index (χ1) is 7.25. The number of halogens is 1. The highest BCUT2D eigenvalue weighted by Crippen LogP contribution is 2.23. The van der Waals surface area contributed by atoms with Crippen LogP contribution in [-0.4, -0.2) is 30.5 Å². The van der Waals surface area contributed by atoms with E-state index < -0.39 is 0 Å². The molecule has 2 heterocycles. The zero-order chi connectivity index (χ0) is 10.7. The molecule has 0 atom stereocenters. The average molecular weight is 352 g/mol. The van der Waals surface area contributed by atoms with E-state index in [4.69, 9.17) is 11.5 Å². The van der Waals surface area contributed by atoms with E-state index >= 15 is 0 Å². The maximum absolute atomic E-state index is 5.28. The average Bonchev–Trinajstić information content (AvgIpc) is 2.64. The van der Waals surface area contributed by atoms with Crippen LogP contribution in [0.2, 0.25) is 0 Å². The molecule has 1 aliphatic heterocycles. The highest BCUT2D eigenvalue weighted by Gasteiger charge is 2.16. The molecular weight excluding hydrogens is 335 g/mol. The van der Waals surface area contributed by atoms with Gasteiger partial charge < -0.3 is 11.5 Å². The molecule has 0 saturated carbocycles. The highest BCUT2D eigenvalue weighted by atomic mass is 127. The van der Waals surface area contributed by atoms with Gasteiger partial charge in [0.15, 0.2) is 5.96 Å². The van der Waals surface area contributed by atoms with Gasteiger partial charge in [-0.05, 0) is 23.4 Å². The van der Waals surface area contributed by atoms with E-state index in [0.29, 0.717) is 6.54 Å². The quantitative estimate of drug-likeness (QED) is 0.485. The second-order valence-corrected chi connectivity index (χ2v) is 4.70. The number of hydrogen-bond acceptors (Lipinski definition) is 3. The molecule has 16 heavy (non-hydrogen) atoms. The van der Waals surface area contributed by atoms with Crippen LogP contribution in [0.15, 0.2) is 16.4 Å². The predicted molar refractivity (Wildman–Crippen MR) is 79.4 cm³/mol. The largest absolute Gasteiger partial charge is 0.370 e. The predicted octanol–water partition coefficient (Wildman–Crippen LogP) is 0.998. The third-order valence-electron chi connectivity index (χ3n) is 2.60. The monoisotopic (exact) mass is 352 g/mol. The first kappa shape index (κ1) is 13.7. The number of thiophene rings is 1. The Hall–Kier alpha value is -0.340. The summed E-state index contributed by atoms with van der Waals surface area (Å²) in [6.07, 6.45) is 1.16. The highest BCUT2D eigenvalue weighted by molar-refractivity contribution is 14.0. The number of aliphatic imine (C=N–C) groups is 1. The molecule has 0 spiro atoms. The molecule has 1 aliphatic rings. The second-order valence-electron chi connectivity index (χ2n) is 3.70. The van der Waals surface area contributed by atoms with Crippen LogP contribution in [0, 0.1) is 0 Å². The topological polar surface area (TPSA) is 67.6 Å². The van der Waals surface area contributed by atoms with Crippen LogP contribution in [0.1, 0.15) is 10.4 Å². The fourth-order valence-electron chi connectivity index (χ4n) is 1.82. The van der Waals surface area contributed by atoms with Crippen molar-refractivity contribution >= 4 is 41.3 Å². The summed E-state index contributed by atoms with van der Waals surface area (Å²) >= 11 is 1.86. The van der Waals surface area contributed by atoms with Crippen LogP contribution in [0.5, 0.6) is 0 Å². The van der Waals surface area contributed by atoms with Gasteiger partial charge >= 0.3 is 0 Å². The Balaban J connectivity index is 0.00000128. The molecule has 0 amide bonds. The van der Waals surface area contributed by atoms with Crippen LogP contribution < -0.4 is 11.5 Å². The van der Waals surface area contributed by atoms with Gasteiger partial charge in [-0.3, -0.25) is 9.89 Å². The maximum atomic E-state index is 5.28. The number of hydrogen-bond donors (Lipinski definition) is 2. The molecule has 4 N–H and O–H groups in total. The maximum Gasteiger partial charge on any atom is 0.185 e. The lowest BCUT2D eigenvalue weighted by molar-refractivity contribution is 0.264. The number of nitrogens with zero attached hydrogens (tertiary/aromatic N) is 2. The minimum atomic E-state index is 0. The molecule has 0 bridgehead atoms. The van der Waals surface area contributed by atoms with E-state index in [1.54, 1.807) is 0 Å². The minimum Gasteiger partial charge on any atom is -0.370 e. The van der Waals surface area contributed by atoms with Crippen molar-refractivity contribution in [2.45, 2.75) is 13.0 Å². The molecule has 1 aromatic rings. The summed E-state index contributed by atoms with van der Waals surface area (Å²) in [4.78, 5) is 7.92. The van der Waals surface area contributed by atoms with E-state index in [0.717, 1.165) is 26.1 Å². The van der Waals surface area contributed by atoms with Crippen LogP contribution in [0.3, 0.4) is 0 Å². The molecule has 1 aromatic heterocycles. The Labute approximate surface area is 117 Å². The lowest BCUT2D eigenvalue weighted by Gasteiger charge is -2.25. The fourth-order valence-corrected chi connectivity index (χ4v) is 2.71. The molecule has 0 radical (unpaired) electrons. The Morgan fingerprint density at radius 2 is 2.31 bits per heavy atom. The standard InChI is InChI=1S/C10H16N4S.HI/c11-10(12)13-3-5-14-4-1-9-8(7-14)2-6-15-9;/h2,6H,1,3-5,7H2,(H4,11,12,13);1H. The fraction of sp³-hybridized carbons (Fsp3) is 0.500. The lowest BCUT2D eigenvalue weighted by atomic mass is 10.1. The molecule has 6 heteroatoms. The first-order valence-electron chi connectivity index (χ1n) is 5.08. The van der Waals surface area contributed by atoms with E-state index in [2.05, 4.69) is 21.3 Å². The van der Waals surface area contributed by atoms with Crippen molar-refractivity contribution in [3.8, 4) is 0 Å². The number of guanidine groups is 1. The summed E-state index contributed by atoms with van der Waals surface area (Å²) in [5.74, 6) is 0.184. The summed E-state index contributed by atoms with van der Waals surface area (Å²) in [6, 6.07) is 2.22. The molecule has 4 nitrogen and oxygen atoms in total. The van der Waals surface area contributed by atoms with Gasteiger partial charge in [-0.1, -0.05) is 0 Å². The van der Waals surface area contributed by atoms with Crippen molar-refractivity contribution in [2.24, 2.45) is 16.5 Å². The van der Waals surface area contributed by atoms with Gasteiger partial charge in [-0.2, -0.15) is 0 Å². The third-order valence-corrected chi connectivity index (χ3v) is 3.62. The second kappa shape index (κ2) is 6.41. The summed E-state index contributed by atoms with van der Waals surface area (Å²) in [5, 5.41) is 2.17. The third kappa shape index (κ3) is 3.60. The molecule has 0 fully saturated rings. The molecule has 0 aromatic carbocycles. The van der Waals surface area contributed by atoms with Crippen molar-refractivity contribution in [3.05, 3.63) is 21.9 Å². The van der Waals surface area contributed by atoms with Gasteiger partial charge in [0.1, 0.15) is 0 Å². The van der Waals surface area contributed by atoms with E-state index in [1.807, 2.05) is 11.3 Å². The Kier molecular flexibility index (Phi) is 5.50. The Bertz CT molecular complexity index is 359. The van der Waals surface area contributed by atoms with Crippen LogP contribution in [-0.2, 0) is 13.0 Å². The Morgan fingerprint density at radius 3 is 3.06 bits per heavy atom. The van der Waals surface area contributed by atoms with Gasteiger partial charge in [0.05, 0.1) is 6.54 Å². The number of rotatable bonds is 3. The summed E-state index contributed by atoms with van der Waals surface area (Å²) in [6.45, 7) is 3.79. The van der Waals surface area contributed by atoms with Crippen LogP contribution >= 0.6 is 35.3 Å². The summed E-state index contributed by atoms with van der Waals surface area (Å²) in [7, 11) is 0. The molecule has 0 saturated heterocycles. The SMILES string of the molecule is I.NC(N)=NCCN1CCc2sccc2C1. The normalized spacial score (nSPS) is 15.0. The van der Waals surface area contributed by atoms with E-state index in [1.165, 1.54) is 10.4 Å². The zero-order valence-electron chi connectivity index (χ0n) is 9.06. The molecule has 0 aliphatic carbocycles. The molecular formula is C10H17IN4S. The van der Waals surface area contributed by atoms with Gasteiger partial charge in [-0.25, -0.2) is 0 Å². The van der Waals surface area contributed by atoms with E-state index in [-0.39, 0.29) is 29.9 Å². The zero-order valence-corrected chi connectivity index (χ0v) is 12.2. The van der Waals surface area contributed by atoms with Crippen molar-refractivity contribution in [1.29, 1.82) is 0 Å². The smallest absolute Gasteiger partial charge is 0.185 e. The van der Waals surface area contributed by atoms with Gasteiger partial charge in [0.25, 0.3) is 0 Å². The molecule has 90 valence electrons. The van der Waals surface area contributed by atoms with Crippen LogP contribution in [0.4, 0.5) is 0 Å². The van der Waals surface area contributed by atoms with Gasteiger partial charge in [-0.15, -0.1) is 35.3 Å². The minimum absolute atomic E-state index is 0. The Morgan fingerprint density at radius 1 is 1.50 bits per heavy atom. The first-order valence-corrected chi connectivity index (χ1v) is 5.96. The van der Waals surface area contributed by atoms with Gasteiger partial charge in [0, 0.05) is 24.5 Å². The summed E-state index contributed by atoms with van der Waals surface area (Å²) in [5.41, 5.74) is 12.0. The number of fused-ring (bicyclic) bond motifs is 1. The van der Waals surface area contributed by atoms with Crippen molar-refractivity contribution in [1.82, 2.24) is 4.90 Å². The molecule has 2 rings (SSSR count). The summed E-state index contributed by atoms with van der Waals surface area (Å²) < 4.78 is 0. The van der Waals surface area contributed by atoms with Crippen molar-refractivity contribution < 1.29 is 0 Å². The number of nitrogens with two attached hydrogens (primary N) is 2. The van der Waals surface area contributed by atoms with Crippen molar-refractivity contribution in [2.75, 3.05) is 19.6 Å².